The van der Waals surface area contributed by atoms with Crippen molar-refractivity contribution in [2.75, 3.05) is 25.0 Å². The lowest BCUT2D eigenvalue weighted by molar-refractivity contribution is -0.131. The van der Waals surface area contributed by atoms with E-state index in [1.807, 2.05) is 11.9 Å². The Morgan fingerprint density at radius 1 is 1.25 bits per heavy atom. The Hall–Kier alpha value is -2.18. The fraction of sp³-hybridized carbons (Fsp3) is 0.647. The molecule has 3 heterocycles. The van der Waals surface area contributed by atoms with Crippen LogP contribution < -0.4 is 4.90 Å². The number of carbonyl (C=O) groups is 1. The van der Waals surface area contributed by atoms with Crippen LogP contribution in [0.4, 0.5) is 5.82 Å². The normalized spacial score (nSPS) is 21.7. The number of nitrogens with one attached hydrogen (secondary N) is 1. The molecular weight excluding hydrogens is 304 g/mol. The molecule has 2 aromatic heterocycles. The molecule has 1 aliphatic heterocycles. The van der Waals surface area contributed by atoms with Gasteiger partial charge < -0.3 is 14.8 Å². The molecule has 1 saturated heterocycles. The fourth-order valence-corrected chi connectivity index (χ4v) is 4.34. The van der Waals surface area contributed by atoms with E-state index in [-0.39, 0.29) is 5.91 Å². The van der Waals surface area contributed by atoms with Crippen LogP contribution in [0.3, 0.4) is 0 Å². The van der Waals surface area contributed by atoms with Crippen molar-refractivity contribution in [3.63, 3.8) is 0 Å². The van der Waals surface area contributed by atoms with Gasteiger partial charge in [-0.25, -0.2) is 15.0 Å². The summed E-state index contributed by atoms with van der Waals surface area (Å²) < 4.78 is 0. The Kier molecular flexibility index (Phi) is 4.08. The van der Waals surface area contributed by atoms with Crippen molar-refractivity contribution in [3.8, 4) is 0 Å². The number of amides is 1. The standard InChI is InChI=1S/C17H24N6O/c1-22(17-15-16(19-10-18-15)20-11-21-17)9-14(24)23-8-4-7-13(23)12-5-2-3-6-12/h10-13H,2-9H2,1H3,(H,18,19,20,21). The van der Waals surface area contributed by atoms with E-state index in [4.69, 9.17) is 0 Å². The maximum absolute atomic E-state index is 12.9. The number of aromatic amines is 1. The highest BCUT2D eigenvalue weighted by molar-refractivity contribution is 5.87. The Morgan fingerprint density at radius 3 is 2.92 bits per heavy atom. The first-order chi connectivity index (χ1) is 11.7. The van der Waals surface area contributed by atoms with Crippen molar-refractivity contribution in [2.24, 2.45) is 5.92 Å². The molecule has 2 aliphatic rings. The van der Waals surface area contributed by atoms with Gasteiger partial charge in [-0.05, 0) is 31.6 Å². The van der Waals surface area contributed by atoms with Crippen molar-refractivity contribution in [3.05, 3.63) is 12.7 Å². The summed E-state index contributed by atoms with van der Waals surface area (Å²) in [6.45, 7) is 1.24. The van der Waals surface area contributed by atoms with Crippen molar-refractivity contribution in [2.45, 2.75) is 44.6 Å². The summed E-state index contributed by atoms with van der Waals surface area (Å²) in [5, 5.41) is 0. The van der Waals surface area contributed by atoms with Crippen LogP contribution in [0.2, 0.25) is 0 Å². The third-order valence-corrected chi connectivity index (χ3v) is 5.50. The summed E-state index contributed by atoms with van der Waals surface area (Å²) in [5.41, 5.74) is 1.41. The van der Waals surface area contributed by atoms with Crippen LogP contribution in [0, 0.1) is 5.92 Å². The highest BCUT2D eigenvalue weighted by Crippen LogP contribution is 2.35. The minimum absolute atomic E-state index is 0.207. The third kappa shape index (κ3) is 2.72. The predicted octanol–water partition coefficient (Wildman–Crippen LogP) is 1.97. The number of imidazole rings is 1. The molecule has 1 unspecified atom stereocenters. The Morgan fingerprint density at radius 2 is 2.08 bits per heavy atom. The first-order valence-electron chi connectivity index (χ1n) is 8.88. The highest BCUT2D eigenvalue weighted by atomic mass is 16.2. The second kappa shape index (κ2) is 6.37. The molecule has 1 atom stereocenters. The minimum atomic E-state index is 0.207. The van der Waals surface area contributed by atoms with E-state index < -0.39 is 0 Å². The molecule has 0 aromatic carbocycles. The maximum Gasteiger partial charge on any atom is 0.242 e. The van der Waals surface area contributed by atoms with Gasteiger partial charge in [0.1, 0.15) is 11.8 Å². The number of likely N-dealkylation sites (tertiary alicyclic amines) is 1. The van der Waals surface area contributed by atoms with Gasteiger partial charge in [-0.1, -0.05) is 12.8 Å². The summed E-state index contributed by atoms with van der Waals surface area (Å²) in [4.78, 5) is 32.6. The number of rotatable bonds is 4. The van der Waals surface area contributed by atoms with E-state index in [1.54, 1.807) is 6.33 Å². The molecular formula is C17H24N6O. The topological polar surface area (TPSA) is 78.0 Å². The summed E-state index contributed by atoms with van der Waals surface area (Å²) in [6, 6.07) is 0.450. The van der Waals surface area contributed by atoms with Gasteiger partial charge >= 0.3 is 0 Å². The first-order valence-corrected chi connectivity index (χ1v) is 8.88. The van der Waals surface area contributed by atoms with E-state index in [1.165, 1.54) is 38.4 Å². The molecule has 1 N–H and O–H groups in total. The van der Waals surface area contributed by atoms with Gasteiger partial charge in [0.05, 0.1) is 12.9 Å². The Balaban J connectivity index is 1.48. The molecule has 0 bridgehead atoms. The molecule has 1 saturated carbocycles. The number of aromatic nitrogens is 4. The molecule has 4 rings (SSSR count). The van der Waals surface area contributed by atoms with Crippen LogP contribution in [-0.2, 0) is 4.79 Å². The van der Waals surface area contributed by atoms with Crippen LogP contribution in [0.1, 0.15) is 38.5 Å². The van der Waals surface area contributed by atoms with E-state index in [2.05, 4.69) is 24.8 Å². The molecule has 0 spiro atoms. The molecule has 24 heavy (non-hydrogen) atoms. The van der Waals surface area contributed by atoms with Gasteiger partial charge in [0, 0.05) is 19.6 Å². The predicted molar refractivity (Wildman–Crippen MR) is 91.6 cm³/mol. The summed E-state index contributed by atoms with van der Waals surface area (Å²) >= 11 is 0. The van der Waals surface area contributed by atoms with Gasteiger partial charge in [0.25, 0.3) is 0 Å². The number of nitrogens with zero attached hydrogens (tertiary/aromatic N) is 5. The smallest absolute Gasteiger partial charge is 0.242 e. The fourth-order valence-electron chi connectivity index (χ4n) is 4.34. The molecule has 2 aromatic rings. The first kappa shape index (κ1) is 15.4. The zero-order valence-electron chi connectivity index (χ0n) is 14.1. The number of anilines is 1. The van der Waals surface area contributed by atoms with Crippen molar-refractivity contribution < 1.29 is 4.79 Å². The van der Waals surface area contributed by atoms with Crippen molar-refractivity contribution >= 4 is 22.9 Å². The molecule has 7 heteroatoms. The highest BCUT2D eigenvalue weighted by Gasteiger charge is 2.36. The zero-order valence-corrected chi connectivity index (χ0v) is 14.1. The Labute approximate surface area is 141 Å². The molecule has 1 aliphatic carbocycles. The minimum Gasteiger partial charge on any atom is -0.348 e. The van der Waals surface area contributed by atoms with E-state index in [0.29, 0.717) is 24.2 Å². The van der Waals surface area contributed by atoms with Crippen molar-refractivity contribution in [1.82, 2.24) is 24.8 Å². The third-order valence-electron chi connectivity index (χ3n) is 5.50. The SMILES string of the molecule is CN(CC(=O)N1CCCC1C1CCCC1)c1ncnc2nc[nH]c12. The van der Waals surface area contributed by atoms with Crippen molar-refractivity contribution in [1.29, 1.82) is 0 Å². The number of H-pyrrole nitrogens is 1. The van der Waals surface area contributed by atoms with Crippen LogP contribution in [0.25, 0.3) is 11.2 Å². The molecule has 128 valence electrons. The van der Waals surface area contributed by atoms with Gasteiger partial charge in [-0.3, -0.25) is 4.79 Å². The van der Waals surface area contributed by atoms with Gasteiger partial charge in [0.15, 0.2) is 11.5 Å². The number of hydrogen-bond donors (Lipinski definition) is 1. The van der Waals surface area contributed by atoms with E-state index >= 15 is 0 Å². The molecule has 2 fully saturated rings. The van der Waals surface area contributed by atoms with Crippen LogP contribution in [0.15, 0.2) is 12.7 Å². The average Bonchev–Trinajstić information content (AvgIpc) is 3.32. The number of hydrogen-bond acceptors (Lipinski definition) is 5. The second-order valence-electron chi connectivity index (χ2n) is 7.00. The van der Waals surface area contributed by atoms with Gasteiger partial charge in [-0.2, -0.15) is 0 Å². The summed E-state index contributed by atoms with van der Waals surface area (Å²) in [6.07, 6.45) is 10.6. The van der Waals surface area contributed by atoms with Crippen LogP contribution in [-0.4, -0.2) is 56.9 Å². The van der Waals surface area contributed by atoms with Crippen LogP contribution in [0.5, 0.6) is 0 Å². The lowest BCUT2D eigenvalue weighted by Gasteiger charge is -2.31. The van der Waals surface area contributed by atoms with Gasteiger partial charge in [0.2, 0.25) is 5.91 Å². The average molecular weight is 328 g/mol. The van der Waals surface area contributed by atoms with Gasteiger partial charge in [-0.15, -0.1) is 0 Å². The number of fused-ring (bicyclic) bond motifs is 1. The zero-order chi connectivity index (χ0) is 16.5. The van der Waals surface area contributed by atoms with E-state index in [9.17, 15) is 4.79 Å². The largest absolute Gasteiger partial charge is 0.348 e. The summed E-state index contributed by atoms with van der Waals surface area (Å²) in [5.74, 6) is 1.64. The quantitative estimate of drug-likeness (QED) is 0.928. The molecule has 1 amide bonds. The summed E-state index contributed by atoms with van der Waals surface area (Å²) in [7, 11) is 1.90. The monoisotopic (exact) mass is 328 g/mol. The molecule has 0 radical (unpaired) electrons. The van der Waals surface area contributed by atoms with Crippen LogP contribution >= 0.6 is 0 Å². The molecule has 7 nitrogen and oxygen atoms in total. The second-order valence-corrected chi connectivity index (χ2v) is 7.00. The lowest BCUT2D eigenvalue weighted by Crippen LogP contribution is -2.44. The maximum atomic E-state index is 12.9. The Bertz CT molecular complexity index is 723. The number of likely N-dealkylation sites (N-methyl/N-ethyl adjacent to an activating group) is 1. The van der Waals surface area contributed by atoms with E-state index in [0.717, 1.165) is 24.3 Å². The lowest BCUT2D eigenvalue weighted by atomic mass is 9.96. The number of carbonyl (C=O) groups excluding carboxylic acids is 1.